The van der Waals surface area contributed by atoms with Crippen LogP contribution in [0.5, 0.6) is 5.75 Å². The summed E-state index contributed by atoms with van der Waals surface area (Å²) in [7, 11) is -0.0330. The molecule has 0 unspecified atom stereocenters. The molecule has 0 saturated carbocycles. The number of aliphatic hydroxyl groups is 1. The molecule has 11 heteroatoms. The highest BCUT2D eigenvalue weighted by Crippen LogP contribution is 2.30. The summed E-state index contributed by atoms with van der Waals surface area (Å²) in [6.45, 7) is 7.85. The van der Waals surface area contributed by atoms with Gasteiger partial charge < -0.3 is 24.2 Å². The molecule has 34 heavy (non-hydrogen) atoms. The van der Waals surface area contributed by atoms with Crippen LogP contribution >= 0.6 is 0 Å². The minimum Gasteiger partial charge on any atom is -0.488 e. The van der Waals surface area contributed by atoms with Crippen LogP contribution in [0.2, 0.25) is 0 Å². The van der Waals surface area contributed by atoms with Crippen molar-refractivity contribution in [2.24, 2.45) is 5.92 Å². The third-order valence-electron chi connectivity index (χ3n) is 5.95. The monoisotopic (exact) mass is 494 g/mol. The van der Waals surface area contributed by atoms with Crippen LogP contribution < -0.4 is 9.46 Å². The highest BCUT2D eigenvalue weighted by Gasteiger charge is 2.31. The van der Waals surface area contributed by atoms with Gasteiger partial charge in [-0.25, -0.2) is 8.42 Å². The number of sulfonamides is 1. The molecule has 0 saturated heterocycles. The molecule has 3 rings (SSSR count). The van der Waals surface area contributed by atoms with Gasteiger partial charge in [0.25, 0.3) is 10.0 Å². The van der Waals surface area contributed by atoms with Gasteiger partial charge in [-0.05, 0) is 53.1 Å². The Balaban J connectivity index is 1.99. The van der Waals surface area contributed by atoms with Crippen molar-refractivity contribution in [2.45, 2.75) is 51.2 Å². The summed E-state index contributed by atoms with van der Waals surface area (Å²) >= 11 is 0. The number of aryl methyl sites for hydroxylation is 2. The second-order valence-corrected chi connectivity index (χ2v) is 10.9. The second-order valence-electron chi connectivity index (χ2n) is 9.23. The number of aromatic nitrogens is 1. The van der Waals surface area contributed by atoms with Crippen molar-refractivity contribution in [3.8, 4) is 5.75 Å². The number of hydrogen-bond donors (Lipinski definition) is 2. The van der Waals surface area contributed by atoms with Crippen LogP contribution in [0.1, 0.15) is 30.9 Å². The first-order chi connectivity index (χ1) is 15.9. The average Bonchev–Trinajstić information content (AvgIpc) is 3.11. The first kappa shape index (κ1) is 26.0. The highest BCUT2D eigenvalue weighted by molar-refractivity contribution is 7.92. The van der Waals surface area contributed by atoms with E-state index in [0.717, 1.165) is 0 Å². The molecule has 0 bridgehead atoms. The van der Waals surface area contributed by atoms with Gasteiger partial charge in [0.15, 0.2) is 10.7 Å². The Morgan fingerprint density at radius 2 is 2.03 bits per heavy atom. The summed E-state index contributed by atoms with van der Waals surface area (Å²) < 4.78 is 39.8. The van der Waals surface area contributed by atoms with Crippen molar-refractivity contribution in [1.82, 2.24) is 15.0 Å². The molecule has 10 nitrogen and oxygen atoms in total. The lowest BCUT2D eigenvalue weighted by Gasteiger charge is -2.33. The van der Waals surface area contributed by atoms with Crippen molar-refractivity contribution < 1.29 is 27.6 Å². The Kier molecular flexibility index (Phi) is 7.89. The van der Waals surface area contributed by atoms with E-state index in [2.05, 4.69) is 9.88 Å². The normalized spacial score (nSPS) is 20.2. The Hall–Kier alpha value is -2.63. The fourth-order valence-corrected chi connectivity index (χ4v) is 5.52. The Morgan fingerprint density at radius 3 is 2.62 bits per heavy atom. The Morgan fingerprint density at radius 1 is 1.32 bits per heavy atom. The molecule has 1 amide bonds. The molecule has 1 aromatic heterocycles. The van der Waals surface area contributed by atoms with Crippen molar-refractivity contribution in [3.63, 3.8) is 0 Å². The Labute approximate surface area is 200 Å². The topological polar surface area (TPSA) is 125 Å². The molecular weight excluding hydrogens is 460 g/mol. The number of benzene rings is 1. The predicted molar refractivity (Wildman–Crippen MR) is 127 cm³/mol. The molecule has 3 atom stereocenters. The zero-order valence-electron chi connectivity index (χ0n) is 20.5. The summed E-state index contributed by atoms with van der Waals surface area (Å²) in [5, 5.41) is 13.4. The van der Waals surface area contributed by atoms with Crippen LogP contribution in [0, 0.1) is 19.8 Å². The number of nitrogens with zero attached hydrogens (tertiary/aromatic N) is 3. The SMILES string of the molecule is Cc1noc(C)c1S(=O)(=O)Nc1ccc2c(c1)CC(=O)N([C@@H](C)CO)C[C@H](C)[C@@H](CN(C)C)O2. The van der Waals surface area contributed by atoms with E-state index in [-0.39, 0.29) is 53.3 Å². The molecule has 0 fully saturated rings. The first-order valence-corrected chi connectivity index (χ1v) is 12.7. The van der Waals surface area contributed by atoms with E-state index >= 15 is 0 Å². The molecule has 0 aliphatic carbocycles. The molecule has 0 spiro atoms. The van der Waals surface area contributed by atoms with E-state index in [1.54, 1.807) is 36.9 Å². The van der Waals surface area contributed by atoms with E-state index in [0.29, 0.717) is 30.1 Å². The standard InChI is InChI=1S/C23H34N4O6S/c1-14-11-27(15(2)13-28)22(29)10-18-9-19(7-8-20(18)32-21(14)12-26(5)6)25-34(30,31)23-16(3)24-33-17(23)4/h7-9,14-15,21,25,28H,10-13H2,1-6H3/t14-,15-,21+/m0/s1. The minimum atomic E-state index is -3.94. The number of ether oxygens (including phenoxy) is 1. The molecule has 2 N–H and O–H groups in total. The van der Waals surface area contributed by atoms with Gasteiger partial charge in [0.2, 0.25) is 5.91 Å². The van der Waals surface area contributed by atoms with Crippen molar-refractivity contribution in [2.75, 3.05) is 38.5 Å². The third kappa shape index (κ3) is 5.70. The molecule has 1 aliphatic heterocycles. The number of likely N-dealkylation sites (N-methyl/N-ethyl adjacent to an activating group) is 1. The maximum atomic E-state index is 13.2. The van der Waals surface area contributed by atoms with Gasteiger partial charge in [-0.1, -0.05) is 12.1 Å². The van der Waals surface area contributed by atoms with Gasteiger partial charge in [-0.3, -0.25) is 9.52 Å². The van der Waals surface area contributed by atoms with Crippen LogP contribution in [0.25, 0.3) is 0 Å². The lowest BCUT2D eigenvalue weighted by molar-refractivity contribution is -0.134. The molecule has 2 heterocycles. The molecule has 2 aromatic rings. The van der Waals surface area contributed by atoms with Crippen molar-refractivity contribution in [1.29, 1.82) is 0 Å². The smallest absolute Gasteiger partial charge is 0.267 e. The zero-order valence-corrected chi connectivity index (χ0v) is 21.3. The fourth-order valence-electron chi connectivity index (χ4n) is 4.14. The maximum Gasteiger partial charge on any atom is 0.267 e. The Bertz CT molecular complexity index is 1110. The summed E-state index contributed by atoms with van der Waals surface area (Å²) in [5.74, 6) is 0.574. The van der Waals surface area contributed by atoms with E-state index in [1.807, 2.05) is 25.9 Å². The molecule has 0 radical (unpaired) electrons. The van der Waals surface area contributed by atoms with Crippen LogP contribution in [-0.2, 0) is 21.2 Å². The highest BCUT2D eigenvalue weighted by atomic mass is 32.2. The second kappa shape index (κ2) is 10.3. The molecule has 188 valence electrons. The number of aliphatic hydroxyl groups excluding tert-OH is 1. The van der Waals surface area contributed by atoms with Gasteiger partial charge >= 0.3 is 0 Å². The van der Waals surface area contributed by atoms with Crippen LogP contribution in [0.4, 0.5) is 5.69 Å². The predicted octanol–water partition coefficient (Wildman–Crippen LogP) is 1.80. The number of nitrogens with one attached hydrogen (secondary N) is 1. The van der Waals surface area contributed by atoms with Crippen molar-refractivity contribution >= 4 is 21.6 Å². The number of carbonyl (C=O) groups excluding carboxylic acids is 1. The quantitative estimate of drug-likeness (QED) is 0.597. The number of amides is 1. The van der Waals surface area contributed by atoms with Crippen molar-refractivity contribution in [3.05, 3.63) is 35.2 Å². The molecule has 1 aromatic carbocycles. The number of rotatable bonds is 7. The van der Waals surface area contributed by atoms with Crippen LogP contribution in [0.3, 0.4) is 0 Å². The van der Waals surface area contributed by atoms with Gasteiger partial charge in [0.05, 0.1) is 19.1 Å². The number of fused-ring (bicyclic) bond motifs is 1. The van der Waals surface area contributed by atoms with Gasteiger partial charge in [-0.2, -0.15) is 0 Å². The first-order valence-electron chi connectivity index (χ1n) is 11.2. The largest absolute Gasteiger partial charge is 0.488 e. The van der Waals surface area contributed by atoms with Gasteiger partial charge in [-0.15, -0.1) is 0 Å². The van der Waals surface area contributed by atoms with E-state index in [1.165, 1.54) is 6.92 Å². The van der Waals surface area contributed by atoms with Gasteiger partial charge in [0, 0.05) is 30.3 Å². The minimum absolute atomic E-state index is 0.00372. The number of anilines is 1. The van der Waals surface area contributed by atoms with Gasteiger partial charge in [0.1, 0.15) is 17.5 Å². The maximum absolute atomic E-state index is 13.2. The van der Waals surface area contributed by atoms with Crippen LogP contribution in [0.15, 0.2) is 27.6 Å². The lowest BCUT2D eigenvalue weighted by Crippen LogP contribution is -2.47. The lowest BCUT2D eigenvalue weighted by atomic mass is 10.0. The fraction of sp³-hybridized carbons (Fsp3) is 0.565. The van der Waals surface area contributed by atoms with E-state index < -0.39 is 10.0 Å². The van der Waals surface area contributed by atoms with E-state index in [9.17, 15) is 18.3 Å². The summed E-state index contributed by atoms with van der Waals surface area (Å²) in [5.41, 5.74) is 1.13. The number of hydrogen-bond acceptors (Lipinski definition) is 8. The van der Waals surface area contributed by atoms with E-state index in [4.69, 9.17) is 9.26 Å². The summed E-state index contributed by atoms with van der Waals surface area (Å²) in [6.07, 6.45) is -0.194. The average molecular weight is 495 g/mol. The number of carbonyl (C=O) groups is 1. The zero-order chi connectivity index (χ0) is 25.2. The summed E-state index contributed by atoms with van der Waals surface area (Å²) in [4.78, 5) is 16.9. The molecular formula is C23H34N4O6S. The third-order valence-corrected chi connectivity index (χ3v) is 7.58. The summed E-state index contributed by atoms with van der Waals surface area (Å²) in [6, 6.07) is 4.57. The van der Waals surface area contributed by atoms with Crippen LogP contribution in [-0.4, -0.2) is 80.3 Å². The molecule has 1 aliphatic rings.